The van der Waals surface area contributed by atoms with Crippen LogP contribution in [-0.4, -0.2) is 49.7 Å². The third kappa shape index (κ3) is 11.0. The van der Waals surface area contributed by atoms with Crippen LogP contribution in [0.15, 0.2) is 76.8 Å². The zero-order valence-corrected chi connectivity index (χ0v) is 27.0. The molecule has 1 aromatic heterocycles. The average molecular weight is 651 g/mol. The standard InChI is InChI=1S/C19H23FN2O2.C14H14ClN3O.CH3NO/c1-19(2)12-24-18(10-14-4-6-15(20)7-5-14)17(19)11-16(21-3)8-9-22-13-23;1-8-4-9-6-10(15)7-16-13(9)12(5-8)18-14(19)17-11-2-3-11;2-1-3/h4-7,11,13H,3,8-10,12H2,1-2H3,(H,22,23);4-7,11H,2-3H2,1H3,(H2,17,18,19);1H,(H2,2,3)/b16-11-;;. The van der Waals surface area contributed by atoms with Crippen molar-refractivity contribution in [2.75, 3.05) is 18.5 Å². The summed E-state index contributed by atoms with van der Waals surface area (Å²) in [4.78, 5) is 39.1. The summed E-state index contributed by atoms with van der Waals surface area (Å²) in [6, 6.07) is 12.3. The molecule has 0 atom stereocenters. The number of carbonyl (C=O) groups excluding carboxylic acids is 3. The highest BCUT2D eigenvalue weighted by molar-refractivity contribution is 6.31. The van der Waals surface area contributed by atoms with Crippen LogP contribution < -0.4 is 21.7 Å². The summed E-state index contributed by atoms with van der Waals surface area (Å²) in [5.41, 5.74) is 9.41. The number of aryl methyl sites for hydroxylation is 1. The van der Waals surface area contributed by atoms with E-state index in [0.29, 0.717) is 49.2 Å². The molecule has 4 amide bonds. The molecule has 0 unspecified atom stereocenters. The van der Waals surface area contributed by atoms with Gasteiger partial charge < -0.3 is 26.4 Å². The van der Waals surface area contributed by atoms with Crippen molar-refractivity contribution in [3.63, 3.8) is 0 Å². The number of amides is 4. The highest BCUT2D eigenvalue weighted by Gasteiger charge is 2.33. The van der Waals surface area contributed by atoms with Gasteiger partial charge in [-0.2, -0.15) is 0 Å². The number of halogens is 2. The molecule has 2 aliphatic rings. The molecule has 5 rings (SSSR count). The van der Waals surface area contributed by atoms with E-state index in [4.69, 9.17) is 21.1 Å². The quantitative estimate of drug-likeness (QED) is 0.121. The summed E-state index contributed by atoms with van der Waals surface area (Å²) in [5, 5.41) is 9.89. The van der Waals surface area contributed by atoms with Gasteiger partial charge in [-0.1, -0.05) is 37.6 Å². The van der Waals surface area contributed by atoms with E-state index in [2.05, 4.69) is 52.2 Å². The maximum absolute atomic E-state index is 13.1. The lowest BCUT2D eigenvalue weighted by Gasteiger charge is -2.17. The van der Waals surface area contributed by atoms with Gasteiger partial charge >= 0.3 is 6.03 Å². The molecule has 1 fully saturated rings. The Bertz CT molecular complexity index is 1600. The largest absolute Gasteiger partial charge is 0.496 e. The van der Waals surface area contributed by atoms with E-state index >= 15 is 0 Å². The third-order valence-electron chi connectivity index (χ3n) is 7.09. The van der Waals surface area contributed by atoms with Gasteiger partial charge in [0.25, 0.3) is 0 Å². The van der Waals surface area contributed by atoms with Gasteiger partial charge in [-0.15, -0.1) is 0 Å². The van der Waals surface area contributed by atoms with E-state index in [1.807, 2.05) is 31.2 Å². The fourth-order valence-corrected chi connectivity index (χ4v) is 4.84. The Kier molecular flexibility index (Phi) is 13.2. The molecule has 2 heterocycles. The molecule has 1 saturated carbocycles. The highest BCUT2D eigenvalue weighted by Crippen LogP contribution is 2.39. The Morgan fingerprint density at radius 1 is 1.22 bits per heavy atom. The Morgan fingerprint density at radius 3 is 2.54 bits per heavy atom. The number of primary amides is 1. The van der Waals surface area contributed by atoms with Crippen molar-refractivity contribution in [1.82, 2.24) is 15.6 Å². The van der Waals surface area contributed by atoms with Gasteiger partial charge in [0.1, 0.15) is 11.6 Å². The Hall–Kier alpha value is -4.77. The van der Waals surface area contributed by atoms with Crippen LogP contribution in [0.4, 0.5) is 14.9 Å². The number of nitrogens with two attached hydrogens (primary N) is 1. The molecule has 46 heavy (non-hydrogen) atoms. The number of nitrogens with zero attached hydrogens (tertiary/aromatic N) is 2. The van der Waals surface area contributed by atoms with Crippen molar-refractivity contribution in [2.45, 2.75) is 52.5 Å². The van der Waals surface area contributed by atoms with Crippen LogP contribution in [0.25, 0.3) is 10.9 Å². The van der Waals surface area contributed by atoms with Crippen LogP contribution in [0.2, 0.25) is 5.02 Å². The van der Waals surface area contributed by atoms with Crippen LogP contribution in [-0.2, 0) is 20.7 Å². The number of hydrogen-bond donors (Lipinski definition) is 4. The van der Waals surface area contributed by atoms with Crippen molar-refractivity contribution >= 4 is 53.8 Å². The number of fused-ring (bicyclic) bond motifs is 1. The van der Waals surface area contributed by atoms with Gasteiger partial charge in [-0.3, -0.25) is 19.6 Å². The minimum absolute atomic E-state index is 0.136. The maximum atomic E-state index is 13.1. The lowest BCUT2D eigenvalue weighted by atomic mass is 9.84. The molecule has 10 nitrogen and oxygen atoms in total. The molecule has 5 N–H and O–H groups in total. The molecule has 1 aliphatic carbocycles. The first-order valence-corrected chi connectivity index (χ1v) is 15.1. The zero-order chi connectivity index (χ0) is 33.7. The van der Waals surface area contributed by atoms with E-state index in [1.165, 1.54) is 12.1 Å². The van der Waals surface area contributed by atoms with Gasteiger partial charge in [0.05, 0.1) is 22.8 Å². The SMILES string of the molecule is C=N/C(=C\C1=C(Cc2ccc(F)cc2)OCC1(C)C)CCNC=O.Cc1cc(NC(=O)NC2CC2)c2ncc(Cl)cc2c1.NC=O. The summed E-state index contributed by atoms with van der Waals surface area (Å²) in [7, 11) is 0. The minimum Gasteiger partial charge on any atom is -0.496 e. The van der Waals surface area contributed by atoms with Crippen molar-refractivity contribution in [2.24, 2.45) is 16.1 Å². The number of aromatic nitrogens is 1. The molecule has 0 spiro atoms. The molecule has 12 heteroatoms. The molecule has 244 valence electrons. The average Bonchev–Trinajstić information content (AvgIpc) is 3.77. The second-order valence-corrected chi connectivity index (χ2v) is 11.9. The molecular formula is C34H40ClFN6O4. The van der Waals surface area contributed by atoms with Crippen LogP contribution >= 0.6 is 11.6 Å². The second-order valence-electron chi connectivity index (χ2n) is 11.5. The number of aliphatic imine (C=N–C) groups is 1. The molecule has 0 bridgehead atoms. The summed E-state index contributed by atoms with van der Waals surface area (Å²) in [6.07, 6.45) is 7.83. The van der Waals surface area contributed by atoms with Crippen molar-refractivity contribution in [1.29, 1.82) is 0 Å². The molecule has 1 aliphatic heterocycles. The lowest BCUT2D eigenvalue weighted by molar-refractivity contribution is -0.109. The number of ether oxygens (including phenoxy) is 1. The molecule has 2 aromatic carbocycles. The predicted octanol–water partition coefficient (Wildman–Crippen LogP) is 5.98. The summed E-state index contributed by atoms with van der Waals surface area (Å²) in [6.45, 7) is 10.9. The Labute approximate surface area is 273 Å². The first kappa shape index (κ1) is 35.7. The molecule has 3 aromatic rings. The van der Waals surface area contributed by atoms with Gasteiger partial charge in [0.15, 0.2) is 0 Å². The van der Waals surface area contributed by atoms with Crippen LogP contribution in [0.5, 0.6) is 0 Å². The smallest absolute Gasteiger partial charge is 0.319 e. The topological polar surface area (TPSA) is 148 Å². The first-order valence-electron chi connectivity index (χ1n) is 14.7. The monoisotopic (exact) mass is 650 g/mol. The zero-order valence-electron chi connectivity index (χ0n) is 26.2. The van der Waals surface area contributed by atoms with Gasteiger partial charge in [0, 0.05) is 53.7 Å². The van der Waals surface area contributed by atoms with E-state index in [0.717, 1.165) is 51.9 Å². The number of nitrogens with one attached hydrogen (secondary N) is 3. The van der Waals surface area contributed by atoms with E-state index in [-0.39, 0.29) is 23.7 Å². The van der Waals surface area contributed by atoms with Crippen molar-refractivity contribution in [3.05, 3.63) is 93.7 Å². The number of carbonyl (C=O) groups is 3. The molecule has 0 saturated heterocycles. The number of urea groups is 1. The number of hydrogen-bond acceptors (Lipinski definition) is 6. The van der Waals surface area contributed by atoms with Gasteiger partial charge in [0.2, 0.25) is 12.8 Å². The Morgan fingerprint density at radius 2 is 1.91 bits per heavy atom. The highest BCUT2D eigenvalue weighted by atomic mass is 35.5. The van der Waals surface area contributed by atoms with Crippen molar-refractivity contribution in [3.8, 4) is 0 Å². The summed E-state index contributed by atoms with van der Waals surface area (Å²) < 4.78 is 19.0. The number of rotatable bonds is 10. The van der Waals surface area contributed by atoms with Gasteiger partial charge in [-0.25, -0.2) is 9.18 Å². The van der Waals surface area contributed by atoms with Gasteiger partial charge in [-0.05, 0) is 74.0 Å². The van der Waals surface area contributed by atoms with E-state index in [1.54, 1.807) is 18.3 Å². The fraction of sp³-hybridized carbons (Fsp3) is 0.324. The number of benzene rings is 2. The second kappa shape index (κ2) is 17.1. The first-order chi connectivity index (χ1) is 22.0. The van der Waals surface area contributed by atoms with E-state index in [9.17, 15) is 14.0 Å². The summed E-state index contributed by atoms with van der Waals surface area (Å²) >= 11 is 5.94. The minimum atomic E-state index is -0.249. The maximum Gasteiger partial charge on any atom is 0.319 e. The number of pyridine rings is 1. The van der Waals surface area contributed by atoms with Crippen LogP contribution in [0.1, 0.15) is 44.2 Å². The summed E-state index contributed by atoms with van der Waals surface area (Å²) in [5.74, 6) is 0.623. The predicted molar refractivity (Wildman–Crippen MR) is 180 cm³/mol. The molecule has 0 radical (unpaired) electrons. The molecular weight excluding hydrogens is 611 g/mol. The third-order valence-corrected chi connectivity index (χ3v) is 7.30. The Balaban J connectivity index is 0.000000235. The van der Waals surface area contributed by atoms with Crippen LogP contribution in [0.3, 0.4) is 0 Å². The normalized spacial score (nSPS) is 14.9. The lowest BCUT2D eigenvalue weighted by Crippen LogP contribution is -2.30. The van der Waals surface area contributed by atoms with Crippen molar-refractivity contribution < 1.29 is 23.5 Å². The fourth-order valence-electron chi connectivity index (χ4n) is 4.67. The van der Waals surface area contributed by atoms with E-state index < -0.39 is 0 Å². The van der Waals surface area contributed by atoms with Crippen LogP contribution in [0, 0.1) is 18.2 Å². The number of anilines is 1. The number of allylic oxidation sites excluding steroid dienone is 2.